The minimum absolute atomic E-state index is 0.130. The molecular formula is C12H12FNO3. The normalized spacial score (nSPS) is 23.5. The van der Waals surface area contributed by atoms with Gasteiger partial charge in [0.15, 0.2) is 0 Å². The summed E-state index contributed by atoms with van der Waals surface area (Å²) in [7, 11) is 0. The third-order valence-corrected chi connectivity index (χ3v) is 2.91. The molecule has 0 aliphatic carbocycles. The Balaban J connectivity index is 2.27. The fourth-order valence-corrected chi connectivity index (χ4v) is 2.18. The summed E-state index contributed by atoms with van der Waals surface area (Å²) in [5.41, 5.74) is 0.351. The van der Waals surface area contributed by atoms with Gasteiger partial charge in [0.2, 0.25) is 5.91 Å². The Labute approximate surface area is 97.4 Å². The molecule has 1 aliphatic rings. The SMILES string of the molecule is O=C(O)C[C@H]1CC(=O)N[C@@H]1c1ccccc1F. The van der Waals surface area contributed by atoms with Crippen LogP contribution in [0.3, 0.4) is 0 Å². The number of amides is 1. The Morgan fingerprint density at radius 2 is 2.18 bits per heavy atom. The van der Waals surface area contributed by atoms with E-state index in [0.29, 0.717) is 5.56 Å². The Kier molecular flexibility index (Phi) is 3.08. The van der Waals surface area contributed by atoms with Gasteiger partial charge in [-0.1, -0.05) is 18.2 Å². The van der Waals surface area contributed by atoms with Gasteiger partial charge < -0.3 is 10.4 Å². The van der Waals surface area contributed by atoms with E-state index in [1.165, 1.54) is 6.07 Å². The summed E-state index contributed by atoms with van der Waals surface area (Å²) >= 11 is 0. The van der Waals surface area contributed by atoms with Gasteiger partial charge in [-0.05, 0) is 6.07 Å². The van der Waals surface area contributed by atoms with Gasteiger partial charge in [-0.15, -0.1) is 0 Å². The summed E-state index contributed by atoms with van der Waals surface area (Å²) in [6.07, 6.45) is -0.0109. The number of carboxylic acid groups (broad SMARTS) is 1. The average molecular weight is 237 g/mol. The molecule has 0 bridgehead atoms. The van der Waals surface area contributed by atoms with E-state index in [0.717, 1.165) is 0 Å². The summed E-state index contributed by atoms with van der Waals surface area (Å²) in [5.74, 6) is -2.02. The van der Waals surface area contributed by atoms with Gasteiger partial charge in [-0.25, -0.2) is 4.39 Å². The number of carbonyl (C=O) groups is 2. The highest BCUT2D eigenvalue weighted by Crippen LogP contribution is 2.33. The summed E-state index contributed by atoms with van der Waals surface area (Å²) in [5, 5.41) is 11.4. The molecule has 0 radical (unpaired) electrons. The Morgan fingerprint density at radius 3 is 2.82 bits per heavy atom. The van der Waals surface area contributed by atoms with Crippen LogP contribution in [0.1, 0.15) is 24.4 Å². The van der Waals surface area contributed by atoms with Gasteiger partial charge in [-0.2, -0.15) is 0 Å². The van der Waals surface area contributed by atoms with Crippen molar-refractivity contribution in [3.63, 3.8) is 0 Å². The van der Waals surface area contributed by atoms with Crippen LogP contribution in [0.25, 0.3) is 0 Å². The summed E-state index contributed by atoms with van der Waals surface area (Å²) < 4.78 is 13.6. The zero-order chi connectivity index (χ0) is 12.4. The molecular weight excluding hydrogens is 225 g/mol. The molecule has 4 nitrogen and oxygen atoms in total. The molecule has 1 fully saturated rings. The van der Waals surface area contributed by atoms with Gasteiger partial charge in [0.1, 0.15) is 5.82 Å². The van der Waals surface area contributed by atoms with E-state index in [1.54, 1.807) is 18.2 Å². The van der Waals surface area contributed by atoms with Crippen molar-refractivity contribution in [2.75, 3.05) is 0 Å². The zero-order valence-electron chi connectivity index (χ0n) is 9.02. The molecule has 2 N–H and O–H groups in total. The van der Waals surface area contributed by atoms with Crippen LogP contribution in [-0.2, 0) is 9.59 Å². The second-order valence-corrected chi connectivity index (χ2v) is 4.13. The second kappa shape index (κ2) is 4.53. The molecule has 0 aromatic heterocycles. The summed E-state index contributed by atoms with van der Waals surface area (Å²) in [4.78, 5) is 22.0. The first-order valence-corrected chi connectivity index (χ1v) is 5.33. The lowest BCUT2D eigenvalue weighted by atomic mass is 9.91. The number of hydrogen-bond acceptors (Lipinski definition) is 2. The number of rotatable bonds is 3. The van der Waals surface area contributed by atoms with Crippen LogP contribution in [0, 0.1) is 11.7 Å². The molecule has 90 valence electrons. The topological polar surface area (TPSA) is 66.4 Å². The van der Waals surface area contributed by atoms with Crippen LogP contribution in [0.2, 0.25) is 0 Å². The predicted molar refractivity (Wildman–Crippen MR) is 57.6 cm³/mol. The molecule has 0 unspecified atom stereocenters. The van der Waals surface area contributed by atoms with E-state index in [9.17, 15) is 14.0 Å². The van der Waals surface area contributed by atoms with E-state index in [2.05, 4.69) is 5.32 Å². The van der Waals surface area contributed by atoms with Gasteiger partial charge in [0.05, 0.1) is 12.5 Å². The third-order valence-electron chi connectivity index (χ3n) is 2.91. The highest BCUT2D eigenvalue weighted by Gasteiger charge is 2.35. The van der Waals surface area contributed by atoms with Crippen molar-refractivity contribution in [2.45, 2.75) is 18.9 Å². The number of aliphatic carboxylic acids is 1. The maximum Gasteiger partial charge on any atom is 0.303 e. The van der Waals surface area contributed by atoms with E-state index in [4.69, 9.17) is 5.11 Å². The fraction of sp³-hybridized carbons (Fsp3) is 0.333. The number of nitrogens with one attached hydrogen (secondary N) is 1. The van der Waals surface area contributed by atoms with E-state index in [1.807, 2.05) is 0 Å². The first-order valence-electron chi connectivity index (χ1n) is 5.33. The van der Waals surface area contributed by atoms with Crippen LogP contribution in [0.15, 0.2) is 24.3 Å². The van der Waals surface area contributed by atoms with Gasteiger partial charge >= 0.3 is 5.97 Å². The highest BCUT2D eigenvalue weighted by atomic mass is 19.1. The molecule has 2 rings (SSSR count). The summed E-state index contributed by atoms with van der Waals surface area (Å²) in [6.45, 7) is 0. The number of benzene rings is 1. The number of halogens is 1. The molecule has 5 heteroatoms. The Hall–Kier alpha value is -1.91. The van der Waals surface area contributed by atoms with Crippen LogP contribution in [0.5, 0.6) is 0 Å². The third kappa shape index (κ3) is 2.43. The number of carboxylic acids is 1. The standard InChI is InChI=1S/C12H12FNO3/c13-9-4-2-1-3-8(9)12-7(6-11(16)17)5-10(15)14-12/h1-4,7,12H,5-6H2,(H,14,15)(H,16,17)/t7-,12+/m1/s1. The van der Waals surface area contributed by atoms with Crippen LogP contribution in [0.4, 0.5) is 4.39 Å². The van der Waals surface area contributed by atoms with Gasteiger partial charge in [0, 0.05) is 17.9 Å². The quantitative estimate of drug-likeness (QED) is 0.836. The molecule has 1 heterocycles. The van der Waals surface area contributed by atoms with E-state index >= 15 is 0 Å². The molecule has 2 atom stereocenters. The van der Waals surface area contributed by atoms with Crippen molar-refractivity contribution in [3.05, 3.63) is 35.6 Å². The largest absolute Gasteiger partial charge is 0.481 e. The van der Waals surface area contributed by atoms with Crippen molar-refractivity contribution in [2.24, 2.45) is 5.92 Å². The molecule has 1 aromatic rings. The average Bonchev–Trinajstić information content (AvgIpc) is 2.59. The van der Waals surface area contributed by atoms with Crippen LogP contribution >= 0.6 is 0 Å². The molecule has 1 aromatic carbocycles. The van der Waals surface area contributed by atoms with Crippen molar-refractivity contribution in [1.82, 2.24) is 5.32 Å². The molecule has 1 amide bonds. The maximum absolute atomic E-state index is 13.6. The lowest BCUT2D eigenvalue weighted by molar-refractivity contribution is -0.138. The van der Waals surface area contributed by atoms with E-state index in [-0.39, 0.29) is 18.7 Å². The molecule has 1 saturated heterocycles. The van der Waals surface area contributed by atoms with Gasteiger partial charge in [-0.3, -0.25) is 9.59 Å². The first kappa shape index (κ1) is 11.6. The minimum Gasteiger partial charge on any atom is -0.481 e. The maximum atomic E-state index is 13.6. The lowest BCUT2D eigenvalue weighted by Gasteiger charge is -2.18. The van der Waals surface area contributed by atoms with Crippen molar-refractivity contribution in [1.29, 1.82) is 0 Å². The minimum atomic E-state index is -0.979. The zero-order valence-corrected chi connectivity index (χ0v) is 9.02. The second-order valence-electron chi connectivity index (χ2n) is 4.13. The Bertz CT molecular complexity index is 461. The van der Waals surface area contributed by atoms with Gasteiger partial charge in [0.25, 0.3) is 0 Å². The van der Waals surface area contributed by atoms with Crippen molar-refractivity contribution in [3.8, 4) is 0 Å². The summed E-state index contributed by atoms with van der Waals surface area (Å²) in [6, 6.07) is 5.56. The Morgan fingerprint density at radius 1 is 1.47 bits per heavy atom. The highest BCUT2D eigenvalue weighted by molar-refractivity contribution is 5.80. The predicted octanol–water partition coefficient (Wildman–Crippen LogP) is 1.48. The molecule has 0 spiro atoms. The first-order chi connectivity index (χ1) is 8.08. The van der Waals surface area contributed by atoms with Crippen molar-refractivity contribution >= 4 is 11.9 Å². The van der Waals surface area contributed by atoms with Crippen LogP contribution in [-0.4, -0.2) is 17.0 Å². The van der Waals surface area contributed by atoms with E-state index < -0.39 is 23.7 Å². The fourth-order valence-electron chi connectivity index (χ4n) is 2.18. The molecule has 17 heavy (non-hydrogen) atoms. The lowest BCUT2D eigenvalue weighted by Crippen LogP contribution is -2.22. The smallest absolute Gasteiger partial charge is 0.303 e. The number of hydrogen-bond donors (Lipinski definition) is 2. The van der Waals surface area contributed by atoms with Crippen LogP contribution < -0.4 is 5.32 Å². The molecule has 1 aliphatic heterocycles. The van der Waals surface area contributed by atoms with Crippen molar-refractivity contribution < 1.29 is 19.1 Å². The molecule has 0 saturated carbocycles. The number of carbonyl (C=O) groups excluding carboxylic acids is 1. The monoisotopic (exact) mass is 237 g/mol.